The Morgan fingerprint density at radius 1 is 1.39 bits per heavy atom. The molecule has 3 N–H and O–H groups in total. The Morgan fingerprint density at radius 3 is 2.39 bits per heavy atom. The van der Waals surface area contributed by atoms with Crippen LogP contribution in [-0.2, 0) is 9.59 Å². The topological polar surface area (TPSA) is 75.4 Å². The molecule has 5 nitrogen and oxygen atoms in total. The Kier molecular flexibility index (Phi) is 3.89. The average molecular weight is 267 g/mol. The summed E-state index contributed by atoms with van der Waals surface area (Å²) in [5.74, 6) is -1.74. The van der Waals surface area contributed by atoms with Gasteiger partial charge in [-0.05, 0) is 19.8 Å². The third-order valence-electron chi connectivity index (χ3n) is 3.10. The number of carbonyl (C=O) groups excluding carboxylic acids is 2. The third kappa shape index (κ3) is 2.43. The molecule has 18 heavy (non-hydrogen) atoms. The zero-order valence-electron chi connectivity index (χ0n) is 10.2. The van der Waals surface area contributed by atoms with Crippen LogP contribution in [0.25, 0.3) is 0 Å². The highest BCUT2D eigenvalue weighted by Gasteiger charge is 2.56. The van der Waals surface area contributed by atoms with Gasteiger partial charge in [-0.3, -0.25) is 9.59 Å². The molecule has 1 saturated heterocycles. The Morgan fingerprint density at radius 2 is 1.94 bits per heavy atom. The van der Waals surface area contributed by atoms with E-state index in [0.717, 1.165) is 4.90 Å². The first-order chi connectivity index (χ1) is 8.13. The van der Waals surface area contributed by atoms with E-state index in [2.05, 4.69) is 5.32 Å². The number of amides is 2. The summed E-state index contributed by atoms with van der Waals surface area (Å²) < 4.78 is 38.0. The van der Waals surface area contributed by atoms with Gasteiger partial charge in [0.25, 0.3) is 5.91 Å². The summed E-state index contributed by atoms with van der Waals surface area (Å²) in [6.07, 6.45) is -4.02. The maximum absolute atomic E-state index is 12.7. The van der Waals surface area contributed by atoms with Gasteiger partial charge in [0.2, 0.25) is 5.91 Å². The fraction of sp³-hybridized carbons (Fsp3) is 0.800. The quantitative estimate of drug-likeness (QED) is 0.739. The number of nitrogens with one attached hydrogen (secondary N) is 1. The number of nitrogens with two attached hydrogens (primary N) is 1. The summed E-state index contributed by atoms with van der Waals surface area (Å²) in [6.45, 7) is 0.731. The third-order valence-corrected chi connectivity index (χ3v) is 3.10. The van der Waals surface area contributed by atoms with Crippen LogP contribution in [-0.4, -0.2) is 48.1 Å². The summed E-state index contributed by atoms with van der Waals surface area (Å²) in [4.78, 5) is 24.2. The lowest BCUT2D eigenvalue weighted by molar-refractivity contribution is -0.194. The van der Waals surface area contributed by atoms with E-state index in [1.807, 2.05) is 0 Å². The monoisotopic (exact) mass is 267 g/mol. The molecule has 0 aliphatic carbocycles. The van der Waals surface area contributed by atoms with Gasteiger partial charge in [-0.15, -0.1) is 0 Å². The molecule has 0 spiro atoms. The highest BCUT2D eigenvalue weighted by atomic mass is 19.4. The molecular formula is C10H16F3N3O2. The van der Waals surface area contributed by atoms with E-state index in [1.54, 1.807) is 0 Å². The number of halogens is 3. The first-order valence-electron chi connectivity index (χ1n) is 5.51. The molecule has 1 aliphatic heterocycles. The van der Waals surface area contributed by atoms with Gasteiger partial charge in [0.05, 0.1) is 0 Å². The number of likely N-dealkylation sites (N-methyl/N-ethyl adjacent to an activating group) is 1. The largest absolute Gasteiger partial charge is 0.415 e. The van der Waals surface area contributed by atoms with Gasteiger partial charge >= 0.3 is 6.18 Å². The van der Waals surface area contributed by atoms with Crippen molar-refractivity contribution < 1.29 is 22.8 Å². The highest BCUT2D eigenvalue weighted by molar-refractivity contribution is 5.92. The minimum Gasteiger partial charge on any atom is -0.357 e. The lowest BCUT2D eigenvalue weighted by Gasteiger charge is -2.33. The van der Waals surface area contributed by atoms with Gasteiger partial charge in [-0.2, -0.15) is 13.2 Å². The molecule has 1 aliphatic rings. The van der Waals surface area contributed by atoms with Crippen molar-refractivity contribution in [2.24, 2.45) is 5.73 Å². The van der Waals surface area contributed by atoms with Crippen molar-refractivity contribution in [3.05, 3.63) is 0 Å². The molecule has 0 radical (unpaired) electrons. The first kappa shape index (κ1) is 14.7. The Labute approximate surface area is 102 Å². The van der Waals surface area contributed by atoms with Crippen molar-refractivity contribution in [3.8, 4) is 0 Å². The maximum Gasteiger partial charge on any atom is 0.415 e. The second kappa shape index (κ2) is 4.75. The van der Waals surface area contributed by atoms with E-state index in [9.17, 15) is 22.8 Å². The Balaban J connectivity index is 2.93. The molecule has 8 heteroatoms. The summed E-state index contributed by atoms with van der Waals surface area (Å²) in [5.41, 5.74) is 2.10. The molecule has 0 aromatic rings. The summed E-state index contributed by atoms with van der Waals surface area (Å²) in [7, 11) is 1.37. The van der Waals surface area contributed by atoms with E-state index in [-0.39, 0.29) is 6.54 Å². The van der Waals surface area contributed by atoms with Gasteiger partial charge in [0.15, 0.2) is 5.54 Å². The van der Waals surface area contributed by atoms with Crippen LogP contribution in [0, 0.1) is 0 Å². The normalized spacial score (nSPS) is 23.7. The van der Waals surface area contributed by atoms with Crippen molar-refractivity contribution in [3.63, 3.8) is 0 Å². The van der Waals surface area contributed by atoms with Crippen molar-refractivity contribution in [2.75, 3.05) is 13.6 Å². The van der Waals surface area contributed by atoms with Gasteiger partial charge in [-0.25, -0.2) is 0 Å². The predicted molar refractivity (Wildman–Crippen MR) is 57.4 cm³/mol. The number of hydrogen-bond acceptors (Lipinski definition) is 3. The van der Waals surface area contributed by atoms with Crippen LogP contribution in [0.3, 0.4) is 0 Å². The SMILES string of the molecule is CNC(=O)C1CCCN1C(=O)C(C)(N)C(F)(F)F. The lowest BCUT2D eigenvalue weighted by atomic mass is 10.0. The molecule has 104 valence electrons. The standard InChI is InChI=1S/C10H16F3N3O2/c1-9(14,10(11,12)13)8(18)16-5-3-4-6(16)7(17)15-2/h6H,3-5,14H2,1-2H3,(H,15,17). The minimum atomic E-state index is -4.85. The zero-order chi connectivity index (χ0) is 14.1. The number of likely N-dealkylation sites (tertiary alicyclic amines) is 1. The Hall–Kier alpha value is -1.31. The number of nitrogens with zero attached hydrogens (tertiary/aromatic N) is 1. The summed E-state index contributed by atoms with van der Waals surface area (Å²) in [6, 6.07) is -0.868. The van der Waals surface area contributed by atoms with Crippen LogP contribution in [0.15, 0.2) is 0 Å². The van der Waals surface area contributed by atoms with Crippen LogP contribution in [0.4, 0.5) is 13.2 Å². The van der Waals surface area contributed by atoms with Crippen molar-refractivity contribution >= 4 is 11.8 Å². The van der Waals surface area contributed by atoms with Crippen LogP contribution >= 0.6 is 0 Å². The minimum absolute atomic E-state index is 0.111. The van der Waals surface area contributed by atoms with E-state index in [0.29, 0.717) is 19.8 Å². The Bertz CT molecular complexity index is 355. The fourth-order valence-electron chi connectivity index (χ4n) is 1.87. The van der Waals surface area contributed by atoms with Crippen LogP contribution in [0.1, 0.15) is 19.8 Å². The highest BCUT2D eigenvalue weighted by Crippen LogP contribution is 2.31. The van der Waals surface area contributed by atoms with Gasteiger partial charge in [-0.1, -0.05) is 0 Å². The van der Waals surface area contributed by atoms with Crippen molar-refractivity contribution in [2.45, 2.75) is 37.5 Å². The molecule has 2 atom stereocenters. The number of alkyl halides is 3. The van der Waals surface area contributed by atoms with Gasteiger partial charge < -0.3 is 16.0 Å². The predicted octanol–water partition coefficient (Wildman–Crippen LogP) is 0.00310. The molecule has 2 amide bonds. The van der Waals surface area contributed by atoms with Crippen LogP contribution in [0.2, 0.25) is 0 Å². The van der Waals surface area contributed by atoms with Crippen molar-refractivity contribution in [1.29, 1.82) is 0 Å². The first-order valence-corrected chi connectivity index (χ1v) is 5.51. The molecule has 1 fully saturated rings. The molecule has 0 bridgehead atoms. The van der Waals surface area contributed by atoms with E-state index in [4.69, 9.17) is 5.73 Å². The molecule has 0 aromatic heterocycles. The van der Waals surface area contributed by atoms with E-state index >= 15 is 0 Å². The molecule has 0 aromatic carbocycles. The maximum atomic E-state index is 12.7. The van der Waals surface area contributed by atoms with Crippen LogP contribution < -0.4 is 11.1 Å². The molecular weight excluding hydrogens is 251 g/mol. The lowest BCUT2D eigenvalue weighted by Crippen LogP contribution is -2.63. The zero-order valence-corrected chi connectivity index (χ0v) is 10.2. The fourth-order valence-corrected chi connectivity index (χ4v) is 1.87. The van der Waals surface area contributed by atoms with Gasteiger partial charge in [0, 0.05) is 13.6 Å². The van der Waals surface area contributed by atoms with Crippen LogP contribution in [0.5, 0.6) is 0 Å². The molecule has 2 unspecified atom stereocenters. The van der Waals surface area contributed by atoms with E-state index < -0.39 is 29.6 Å². The number of rotatable bonds is 2. The summed E-state index contributed by atoms with van der Waals surface area (Å²) in [5, 5.41) is 2.33. The second-order valence-corrected chi connectivity index (χ2v) is 4.47. The van der Waals surface area contributed by atoms with E-state index in [1.165, 1.54) is 7.05 Å². The molecule has 1 heterocycles. The summed E-state index contributed by atoms with van der Waals surface area (Å²) >= 11 is 0. The average Bonchev–Trinajstić information content (AvgIpc) is 2.73. The molecule has 1 rings (SSSR count). The number of carbonyl (C=O) groups is 2. The van der Waals surface area contributed by atoms with Gasteiger partial charge in [0.1, 0.15) is 6.04 Å². The van der Waals surface area contributed by atoms with Crippen molar-refractivity contribution in [1.82, 2.24) is 10.2 Å². The second-order valence-electron chi connectivity index (χ2n) is 4.47. The smallest absolute Gasteiger partial charge is 0.357 e. The number of hydrogen-bond donors (Lipinski definition) is 2. The molecule has 0 saturated carbocycles.